The highest BCUT2D eigenvalue weighted by atomic mass is 32.2. The number of rotatable bonds is 5. The van der Waals surface area contributed by atoms with Crippen molar-refractivity contribution in [2.45, 2.75) is 24.7 Å². The van der Waals surface area contributed by atoms with E-state index in [0.29, 0.717) is 18.5 Å². The summed E-state index contributed by atoms with van der Waals surface area (Å²) in [5.41, 5.74) is 11.8. The van der Waals surface area contributed by atoms with E-state index in [1.807, 2.05) is 19.1 Å². The van der Waals surface area contributed by atoms with Gasteiger partial charge in [0.15, 0.2) is 0 Å². The topological polar surface area (TPSA) is 103 Å². The van der Waals surface area contributed by atoms with E-state index >= 15 is 0 Å². The fourth-order valence-electron chi connectivity index (χ4n) is 2.14. The molecule has 0 heterocycles. The van der Waals surface area contributed by atoms with E-state index in [9.17, 15) is 8.42 Å². The molecule has 2 aromatic carbocycles. The predicted molar refractivity (Wildman–Crippen MR) is 83.6 cm³/mol. The van der Waals surface area contributed by atoms with Crippen LogP contribution in [0.15, 0.2) is 52.5 Å². The van der Waals surface area contributed by atoms with Crippen molar-refractivity contribution in [3.05, 3.63) is 69.6 Å². The number of hydrogen-bond donors (Lipinski definition) is 1. The average molecular weight is 317 g/mol. The van der Waals surface area contributed by atoms with Gasteiger partial charge in [-0.15, -0.1) is 0 Å². The highest BCUT2D eigenvalue weighted by Crippen LogP contribution is 2.19. The van der Waals surface area contributed by atoms with E-state index < -0.39 is 10.1 Å². The highest BCUT2D eigenvalue weighted by Gasteiger charge is 2.11. The summed E-state index contributed by atoms with van der Waals surface area (Å²) in [6.45, 7) is 1.90. The Bertz CT molecular complexity index is 824. The molecule has 0 aliphatic rings. The average Bonchev–Trinajstić information content (AvgIpc) is 2.47. The van der Waals surface area contributed by atoms with Gasteiger partial charge in [-0.1, -0.05) is 35.4 Å². The quantitative estimate of drug-likeness (QED) is 0.390. The van der Waals surface area contributed by atoms with Crippen LogP contribution in [0.1, 0.15) is 16.7 Å². The smallest absolute Gasteiger partial charge is 0.282 e. The summed E-state index contributed by atoms with van der Waals surface area (Å²) in [5, 5.41) is 3.50. The Kier molecular flexibility index (Phi) is 4.82. The molecule has 2 aromatic rings. The van der Waals surface area contributed by atoms with Gasteiger partial charge in [-0.3, -0.25) is 4.55 Å². The molecule has 0 unspecified atom stereocenters. The fourth-order valence-corrected chi connectivity index (χ4v) is 2.67. The number of nitrogens with zero attached hydrogens (tertiary/aromatic N) is 3. The van der Waals surface area contributed by atoms with Crippen LogP contribution in [0.4, 0.5) is 5.69 Å². The lowest BCUT2D eigenvalue weighted by Gasteiger charge is -2.08. The molecule has 0 aromatic heterocycles. The molecule has 2 rings (SSSR count). The first-order valence-electron chi connectivity index (χ1n) is 6.61. The summed E-state index contributed by atoms with van der Waals surface area (Å²) in [5.74, 6) is 0. The number of azide groups is 1. The van der Waals surface area contributed by atoms with Crippen LogP contribution in [0.25, 0.3) is 10.4 Å². The van der Waals surface area contributed by atoms with Crippen molar-refractivity contribution in [1.29, 1.82) is 0 Å². The molecule has 0 aliphatic heterocycles. The van der Waals surface area contributed by atoms with Crippen molar-refractivity contribution in [2.24, 2.45) is 5.11 Å². The molecule has 0 bridgehead atoms. The normalized spacial score (nSPS) is 11.0. The maximum Gasteiger partial charge on any atom is 0.294 e. The van der Waals surface area contributed by atoms with Crippen LogP contribution in [0.5, 0.6) is 0 Å². The second kappa shape index (κ2) is 6.62. The third kappa shape index (κ3) is 4.08. The zero-order chi connectivity index (χ0) is 16.2. The monoisotopic (exact) mass is 317 g/mol. The van der Waals surface area contributed by atoms with Crippen molar-refractivity contribution in [3.8, 4) is 0 Å². The molecule has 1 N–H and O–H groups in total. The van der Waals surface area contributed by atoms with Gasteiger partial charge in [0.2, 0.25) is 0 Å². The van der Waals surface area contributed by atoms with Crippen molar-refractivity contribution in [3.63, 3.8) is 0 Å². The van der Waals surface area contributed by atoms with Crippen LogP contribution in [-0.4, -0.2) is 13.0 Å². The molecule has 0 amide bonds. The van der Waals surface area contributed by atoms with Gasteiger partial charge >= 0.3 is 0 Å². The minimum atomic E-state index is -4.18. The minimum absolute atomic E-state index is 0.0909. The summed E-state index contributed by atoms with van der Waals surface area (Å²) in [6, 6.07) is 11.8. The Labute approximate surface area is 128 Å². The van der Waals surface area contributed by atoms with E-state index in [1.165, 1.54) is 12.1 Å². The third-order valence-electron chi connectivity index (χ3n) is 3.40. The second-order valence-corrected chi connectivity index (χ2v) is 6.34. The van der Waals surface area contributed by atoms with Gasteiger partial charge in [0, 0.05) is 10.6 Å². The minimum Gasteiger partial charge on any atom is -0.282 e. The van der Waals surface area contributed by atoms with Crippen molar-refractivity contribution >= 4 is 15.8 Å². The van der Waals surface area contributed by atoms with Crippen LogP contribution in [0.2, 0.25) is 0 Å². The first kappa shape index (κ1) is 16.0. The molecule has 0 radical (unpaired) electrons. The van der Waals surface area contributed by atoms with Gasteiger partial charge in [0.25, 0.3) is 10.1 Å². The molecule has 0 aliphatic carbocycles. The Morgan fingerprint density at radius 3 is 2.41 bits per heavy atom. The number of hydrogen-bond acceptors (Lipinski definition) is 3. The lowest BCUT2D eigenvalue weighted by atomic mass is 10.0. The summed E-state index contributed by atoms with van der Waals surface area (Å²) in [7, 11) is -4.18. The largest absolute Gasteiger partial charge is 0.294 e. The zero-order valence-corrected chi connectivity index (χ0v) is 12.8. The maximum absolute atomic E-state index is 11.2. The van der Waals surface area contributed by atoms with E-state index in [4.69, 9.17) is 10.1 Å². The fraction of sp³-hybridized carbons (Fsp3) is 0.200. The molecular formula is C15H15N3O3S. The van der Waals surface area contributed by atoms with Crippen LogP contribution < -0.4 is 0 Å². The standard InChI is InChI=1S/C15H15N3O3S/c1-11-2-9-15(22(19,20)21)10-13(11)6-3-12-4-7-14(8-5-12)17-18-16/h2,4-5,7-10H,3,6H2,1H3,(H,19,20,21). The summed E-state index contributed by atoms with van der Waals surface area (Å²) in [6.07, 6.45) is 1.36. The Morgan fingerprint density at radius 1 is 1.14 bits per heavy atom. The molecular weight excluding hydrogens is 302 g/mol. The maximum atomic E-state index is 11.2. The molecule has 0 saturated carbocycles. The molecule has 22 heavy (non-hydrogen) atoms. The van der Waals surface area contributed by atoms with Gasteiger partial charge < -0.3 is 0 Å². The van der Waals surface area contributed by atoms with Crippen molar-refractivity contribution in [2.75, 3.05) is 0 Å². The predicted octanol–water partition coefficient (Wildman–Crippen LogP) is 3.97. The van der Waals surface area contributed by atoms with Gasteiger partial charge in [-0.25, -0.2) is 0 Å². The van der Waals surface area contributed by atoms with Crippen LogP contribution in [0, 0.1) is 6.92 Å². The van der Waals surface area contributed by atoms with Crippen LogP contribution >= 0.6 is 0 Å². The lowest BCUT2D eigenvalue weighted by Crippen LogP contribution is -2.01. The summed E-state index contributed by atoms with van der Waals surface area (Å²) in [4.78, 5) is 2.63. The SMILES string of the molecule is Cc1ccc(S(=O)(=O)O)cc1CCc1ccc(N=[N+]=[N-])cc1. The third-order valence-corrected chi connectivity index (χ3v) is 4.25. The van der Waals surface area contributed by atoms with E-state index in [0.717, 1.165) is 16.7 Å². The van der Waals surface area contributed by atoms with Gasteiger partial charge in [0.05, 0.1) is 4.90 Å². The molecule has 7 heteroatoms. The second-order valence-electron chi connectivity index (χ2n) is 4.92. The van der Waals surface area contributed by atoms with Crippen molar-refractivity contribution < 1.29 is 13.0 Å². The number of benzene rings is 2. The van der Waals surface area contributed by atoms with Gasteiger partial charge in [0.1, 0.15) is 0 Å². The molecule has 6 nitrogen and oxygen atoms in total. The summed E-state index contributed by atoms with van der Waals surface area (Å²) >= 11 is 0. The molecule has 0 atom stereocenters. The van der Waals surface area contributed by atoms with Crippen molar-refractivity contribution in [1.82, 2.24) is 0 Å². The summed E-state index contributed by atoms with van der Waals surface area (Å²) < 4.78 is 31.5. The zero-order valence-electron chi connectivity index (χ0n) is 12.0. The van der Waals surface area contributed by atoms with E-state index in [-0.39, 0.29) is 4.90 Å². The van der Waals surface area contributed by atoms with E-state index in [2.05, 4.69) is 10.0 Å². The Morgan fingerprint density at radius 2 is 1.82 bits per heavy atom. The molecule has 0 spiro atoms. The first-order chi connectivity index (χ1) is 10.4. The Balaban J connectivity index is 2.15. The molecule has 114 valence electrons. The highest BCUT2D eigenvalue weighted by molar-refractivity contribution is 7.85. The Hall–Kier alpha value is -2.34. The number of aryl methyl sites for hydroxylation is 3. The lowest BCUT2D eigenvalue weighted by molar-refractivity contribution is 0.483. The van der Waals surface area contributed by atoms with Crippen LogP contribution in [-0.2, 0) is 23.0 Å². The van der Waals surface area contributed by atoms with Gasteiger partial charge in [-0.2, -0.15) is 8.42 Å². The first-order valence-corrected chi connectivity index (χ1v) is 8.05. The molecule has 0 saturated heterocycles. The molecule has 0 fully saturated rings. The van der Waals surface area contributed by atoms with Crippen LogP contribution in [0.3, 0.4) is 0 Å². The van der Waals surface area contributed by atoms with E-state index in [1.54, 1.807) is 18.2 Å². The van der Waals surface area contributed by atoms with Gasteiger partial charge in [-0.05, 0) is 54.1 Å².